The molecule has 0 radical (unpaired) electrons. The van der Waals surface area contributed by atoms with Crippen LogP contribution in [0.3, 0.4) is 0 Å². The van der Waals surface area contributed by atoms with E-state index in [4.69, 9.17) is 23.2 Å². The summed E-state index contributed by atoms with van der Waals surface area (Å²) in [4.78, 5) is 4.24. The molecule has 0 fully saturated rings. The van der Waals surface area contributed by atoms with Gasteiger partial charge in [-0.1, -0.05) is 29.3 Å². The van der Waals surface area contributed by atoms with Gasteiger partial charge in [0, 0.05) is 28.2 Å². The van der Waals surface area contributed by atoms with E-state index in [2.05, 4.69) is 31.9 Å². The van der Waals surface area contributed by atoms with Crippen LogP contribution < -0.4 is 0 Å². The SMILES string of the molecule is Clc1ccc(-c2nc(I)ns2)cc1Cl. The fourth-order valence-electron chi connectivity index (χ4n) is 0.952. The lowest BCUT2D eigenvalue weighted by atomic mass is 10.2. The fraction of sp³-hybridized carbons (Fsp3) is 0. The highest BCUT2D eigenvalue weighted by Gasteiger charge is 2.06. The Bertz CT molecular complexity index is 472. The third-order valence-electron chi connectivity index (χ3n) is 1.57. The molecule has 0 amide bonds. The van der Waals surface area contributed by atoms with Crippen molar-refractivity contribution in [1.29, 1.82) is 0 Å². The quantitative estimate of drug-likeness (QED) is 0.718. The highest BCUT2D eigenvalue weighted by Crippen LogP contribution is 2.29. The Morgan fingerprint density at radius 2 is 2.00 bits per heavy atom. The van der Waals surface area contributed by atoms with Gasteiger partial charge >= 0.3 is 0 Å². The first-order valence-corrected chi connectivity index (χ1v) is 6.22. The first-order valence-electron chi connectivity index (χ1n) is 3.61. The lowest BCUT2D eigenvalue weighted by molar-refractivity contribution is 1.25. The van der Waals surface area contributed by atoms with Crippen molar-refractivity contribution in [3.05, 3.63) is 32.1 Å². The predicted molar refractivity (Wildman–Crippen MR) is 68.1 cm³/mol. The molecule has 72 valence electrons. The third kappa shape index (κ3) is 2.18. The van der Waals surface area contributed by atoms with Gasteiger partial charge in [0.1, 0.15) is 5.01 Å². The lowest BCUT2D eigenvalue weighted by Gasteiger charge is -1.97. The minimum Gasteiger partial charge on any atom is -0.210 e. The summed E-state index contributed by atoms with van der Waals surface area (Å²) in [5.41, 5.74) is 0.944. The zero-order chi connectivity index (χ0) is 10.1. The van der Waals surface area contributed by atoms with Gasteiger partial charge in [-0.05, 0) is 23.7 Å². The molecular weight excluding hydrogens is 354 g/mol. The molecule has 6 heteroatoms. The molecule has 0 aliphatic heterocycles. The highest BCUT2D eigenvalue weighted by atomic mass is 127. The molecule has 1 aromatic carbocycles. The Labute approximate surface area is 109 Å². The van der Waals surface area contributed by atoms with E-state index in [1.807, 2.05) is 6.07 Å². The normalized spacial score (nSPS) is 10.5. The van der Waals surface area contributed by atoms with Crippen LogP contribution >= 0.6 is 57.3 Å². The van der Waals surface area contributed by atoms with Gasteiger partial charge in [-0.15, -0.1) is 0 Å². The van der Waals surface area contributed by atoms with Crippen LogP contribution in [0.25, 0.3) is 10.6 Å². The summed E-state index contributed by atoms with van der Waals surface area (Å²) in [6.45, 7) is 0. The Kier molecular flexibility index (Phi) is 3.26. The number of benzene rings is 1. The third-order valence-corrected chi connectivity index (χ3v) is 3.88. The van der Waals surface area contributed by atoms with E-state index in [-0.39, 0.29) is 0 Å². The second-order valence-corrected chi connectivity index (χ2v) is 5.03. The Morgan fingerprint density at radius 3 is 2.57 bits per heavy atom. The van der Waals surface area contributed by atoms with Crippen LogP contribution in [0.15, 0.2) is 18.2 Å². The minimum absolute atomic E-state index is 0.536. The highest BCUT2D eigenvalue weighted by molar-refractivity contribution is 14.1. The molecular formula is C8H3Cl2IN2S. The average molecular weight is 357 g/mol. The van der Waals surface area contributed by atoms with E-state index in [0.717, 1.165) is 14.4 Å². The van der Waals surface area contributed by atoms with Crippen molar-refractivity contribution in [1.82, 2.24) is 9.36 Å². The summed E-state index contributed by atoms with van der Waals surface area (Å²) in [6, 6.07) is 5.43. The summed E-state index contributed by atoms with van der Waals surface area (Å²) in [6.07, 6.45) is 0. The van der Waals surface area contributed by atoms with Crippen molar-refractivity contribution in [3.8, 4) is 10.6 Å². The van der Waals surface area contributed by atoms with Gasteiger partial charge in [-0.2, -0.15) is 4.37 Å². The van der Waals surface area contributed by atoms with E-state index < -0.39 is 0 Å². The van der Waals surface area contributed by atoms with E-state index in [1.54, 1.807) is 12.1 Å². The van der Waals surface area contributed by atoms with Crippen molar-refractivity contribution >= 4 is 57.3 Å². The molecule has 0 saturated heterocycles. The molecule has 14 heavy (non-hydrogen) atoms. The molecule has 1 heterocycles. The maximum Gasteiger partial charge on any atom is 0.203 e. The topological polar surface area (TPSA) is 25.8 Å². The smallest absolute Gasteiger partial charge is 0.203 e. The van der Waals surface area contributed by atoms with Gasteiger partial charge < -0.3 is 0 Å². The fourth-order valence-corrected chi connectivity index (χ4v) is 2.51. The zero-order valence-corrected chi connectivity index (χ0v) is 11.2. The number of halogens is 3. The number of hydrogen-bond donors (Lipinski definition) is 0. The van der Waals surface area contributed by atoms with Gasteiger partial charge in [-0.3, -0.25) is 0 Å². The van der Waals surface area contributed by atoms with Gasteiger partial charge in [0.05, 0.1) is 10.0 Å². The van der Waals surface area contributed by atoms with Gasteiger partial charge in [-0.25, -0.2) is 4.98 Å². The predicted octanol–water partition coefficient (Wildman–Crippen LogP) is 4.12. The Hall–Kier alpha value is 0.0900. The molecule has 0 unspecified atom stereocenters. The largest absolute Gasteiger partial charge is 0.210 e. The number of aromatic nitrogens is 2. The van der Waals surface area contributed by atoms with Crippen LogP contribution in [-0.2, 0) is 0 Å². The molecule has 0 saturated carbocycles. The molecule has 0 bridgehead atoms. The lowest BCUT2D eigenvalue weighted by Crippen LogP contribution is -1.77. The van der Waals surface area contributed by atoms with Gasteiger partial charge in [0.15, 0.2) is 0 Å². The zero-order valence-electron chi connectivity index (χ0n) is 6.67. The number of hydrogen-bond acceptors (Lipinski definition) is 3. The van der Waals surface area contributed by atoms with Crippen LogP contribution in [0.1, 0.15) is 0 Å². The number of rotatable bonds is 1. The van der Waals surface area contributed by atoms with Gasteiger partial charge in [0.25, 0.3) is 0 Å². The second kappa shape index (κ2) is 4.30. The molecule has 0 aliphatic rings. The first kappa shape index (κ1) is 10.6. The first-order chi connectivity index (χ1) is 6.66. The van der Waals surface area contributed by atoms with Gasteiger partial charge in [0.2, 0.25) is 3.83 Å². The molecule has 0 atom stereocenters. The molecule has 1 aromatic heterocycles. The molecule has 2 rings (SSSR count). The Morgan fingerprint density at radius 1 is 1.21 bits per heavy atom. The van der Waals surface area contributed by atoms with Crippen LogP contribution in [0.4, 0.5) is 0 Å². The van der Waals surface area contributed by atoms with E-state index in [9.17, 15) is 0 Å². The standard InChI is InChI=1S/C8H3Cl2IN2S/c9-5-2-1-4(3-6(5)10)7-12-8(11)13-14-7/h1-3H. The van der Waals surface area contributed by atoms with Crippen LogP contribution in [0, 0.1) is 3.83 Å². The van der Waals surface area contributed by atoms with Crippen LogP contribution in [0.2, 0.25) is 10.0 Å². The van der Waals surface area contributed by atoms with Crippen molar-refractivity contribution < 1.29 is 0 Å². The van der Waals surface area contributed by atoms with E-state index in [1.165, 1.54) is 11.5 Å². The van der Waals surface area contributed by atoms with Crippen molar-refractivity contribution in [2.75, 3.05) is 0 Å². The summed E-state index contributed by atoms with van der Waals surface area (Å²) >= 11 is 15.1. The molecule has 0 N–H and O–H groups in total. The van der Waals surface area contributed by atoms with Crippen molar-refractivity contribution in [2.45, 2.75) is 0 Å². The maximum atomic E-state index is 5.89. The van der Waals surface area contributed by atoms with Crippen LogP contribution in [-0.4, -0.2) is 9.36 Å². The number of nitrogens with zero attached hydrogens (tertiary/aromatic N) is 2. The van der Waals surface area contributed by atoms with Crippen LogP contribution in [0.5, 0.6) is 0 Å². The van der Waals surface area contributed by atoms with Crippen molar-refractivity contribution in [2.24, 2.45) is 0 Å². The molecule has 2 nitrogen and oxygen atoms in total. The average Bonchev–Trinajstić information content (AvgIpc) is 2.57. The maximum absolute atomic E-state index is 5.89. The molecule has 0 aliphatic carbocycles. The van der Waals surface area contributed by atoms with Crippen molar-refractivity contribution in [3.63, 3.8) is 0 Å². The van der Waals surface area contributed by atoms with E-state index in [0.29, 0.717) is 10.0 Å². The molecule has 2 aromatic rings. The monoisotopic (exact) mass is 356 g/mol. The molecule has 0 spiro atoms. The summed E-state index contributed by atoms with van der Waals surface area (Å²) < 4.78 is 4.83. The Balaban J connectivity index is 2.47. The summed E-state index contributed by atoms with van der Waals surface area (Å²) in [5.74, 6) is 0. The summed E-state index contributed by atoms with van der Waals surface area (Å²) in [7, 11) is 0. The van der Waals surface area contributed by atoms with E-state index >= 15 is 0 Å². The minimum atomic E-state index is 0.536. The second-order valence-electron chi connectivity index (χ2n) is 2.50. The summed E-state index contributed by atoms with van der Waals surface area (Å²) in [5, 5.41) is 1.94.